The number of benzene rings is 1. The SMILES string of the molecule is CC(=O)OCC12COC(c3ccc4c(c3)OOC4)C(C(C)=CC1C)C2C. The van der Waals surface area contributed by atoms with Crippen LogP contribution in [0.3, 0.4) is 0 Å². The number of rotatable bonds is 3. The minimum Gasteiger partial charge on any atom is -0.465 e. The Kier molecular flexibility index (Phi) is 4.32. The predicted octanol–water partition coefficient (Wildman–Crippen LogP) is 3.98. The molecule has 1 aliphatic carbocycles. The molecule has 0 amide bonds. The predicted molar refractivity (Wildman–Crippen MR) is 95.2 cm³/mol. The molecule has 5 nitrogen and oxygen atoms in total. The van der Waals surface area contributed by atoms with E-state index in [2.05, 4.69) is 39.0 Å². The average molecular weight is 358 g/mol. The van der Waals surface area contributed by atoms with Crippen molar-refractivity contribution in [3.63, 3.8) is 0 Å². The van der Waals surface area contributed by atoms with Crippen LogP contribution in [-0.4, -0.2) is 19.2 Å². The van der Waals surface area contributed by atoms with E-state index in [0.29, 0.717) is 31.7 Å². The number of fused-ring (bicyclic) bond motifs is 3. The summed E-state index contributed by atoms with van der Waals surface area (Å²) in [5.74, 6) is 1.42. The highest BCUT2D eigenvalue weighted by Crippen LogP contribution is 2.56. The molecule has 1 aromatic carbocycles. The maximum atomic E-state index is 11.4. The number of ether oxygens (including phenoxy) is 2. The van der Waals surface area contributed by atoms with Crippen molar-refractivity contribution in [2.75, 3.05) is 13.2 Å². The van der Waals surface area contributed by atoms with E-state index < -0.39 is 0 Å². The number of hydrogen-bond donors (Lipinski definition) is 0. The van der Waals surface area contributed by atoms with E-state index in [0.717, 1.165) is 16.9 Å². The Bertz CT molecular complexity index is 755. The molecule has 1 aromatic rings. The van der Waals surface area contributed by atoms with Crippen LogP contribution in [0.1, 0.15) is 44.9 Å². The Balaban J connectivity index is 1.67. The molecular formula is C21H26O5. The second-order valence-corrected chi connectivity index (χ2v) is 7.97. The van der Waals surface area contributed by atoms with E-state index in [1.165, 1.54) is 12.5 Å². The van der Waals surface area contributed by atoms with Gasteiger partial charge >= 0.3 is 5.97 Å². The summed E-state index contributed by atoms with van der Waals surface area (Å²) < 4.78 is 11.9. The second kappa shape index (κ2) is 6.39. The van der Waals surface area contributed by atoms with Crippen molar-refractivity contribution in [1.82, 2.24) is 0 Å². The van der Waals surface area contributed by atoms with Gasteiger partial charge in [0.15, 0.2) is 5.75 Å². The highest BCUT2D eigenvalue weighted by atomic mass is 17.2. The van der Waals surface area contributed by atoms with Crippen LogP contribution in [0.25, 0.3) is 0 Å². The first-order valence-electron chi connectivity index (χ1n) is 9.28. The fraction of sp³-hybridized carbons (Fsp3) is 0.571. The number of hydrogen-bond acceptors (Lipinski definition) is 5. The molecule has 5 heteroatoms. The van der Waals surface area contributed by atoms with Crippen LogP contribution in [0, 0.1) is 23.2 Å². The summed E-state index contributed by atoms with van der Waals surface area (Å²) >= 11 is 0. The van der Waals surface area contributed by atoms with Gasteiger partial charge in [-0.15, -0.1) is 0 Å². The molecule has 26 heavy (non-hydrogen) atoms. The van der Waals surface area contributed by atoms with Crippen LogP contribution in [0.4, 0.5) is 0 Å². The summed E-state index contributed by atoms with van der Waals surface area (Å²) in [7, 11) is 0. The van der Waals surface area contributed by atoms with Gasteiger partial charge in [0, 0.05) is 23.8 Å². The lowest BCUT2D eigenvalue weighted by Gasteiger charge is -2.55. The monoisotopic (exact) mass is 358 g/mol. The zero-order valence-corrected chi connectivity index (χ0v) is 15.8. The molecular weight excluding hydrogens is 332 g/mol. The summed E-state index contributed by atoms with van der Waals surface area (Å²) in [5, 5.41) is 0. The molecule has 0 aromatic heterocycles. The Morgan fingerprint density at radius 2 is 2.15 bits per heavy atom. The van der Waals surface area contributed by atoms with Crippen LogP contribution < -0.4 is 4.89 Å². The van der Waals surface area contributed by atoms with Gasteiger partial charge in [0.2, 0.25) is 0 Å². The van der Waals surface area contributed by atoms with Gasteiger partial charge in [-0.2, -0.15) is 4.89 Å². The summed E-state index contributed by atoms with van der Waals surface area (Å²) in [6, 6.07) is 6.19. The fourth-order valence-corrected chi connectivity index (χ4v) is 4.90. The van der Waals surface area contributed by atoms with Crippen LogP contribution in [-0.2, 0) is 25.8 Å². The molecule has 0 spiro atoms. The van der Waals surface area contributed by atoms with Gasteiger partial charge in [-0.1, -0.05) is 37.6 Å². The van der Waals surface area contributed by atoms with E-state index >= 15 is 0 Å². The van der Waals surface area contributed by atoms with Crippen molar-refractivity contribution < 1.29 is 24.0 Å². The van der Waals surface area contributed by atoms with Gasteiger partial charge in [-0.25, -0.2) is 0 Å². The van der Waals surface area contributed by atoms with E-state index in [4.69, 9.17) is 19.2 Å². The smallest absolute Gasteiger partial charge is 0.302 e. The molecule has 3 aliphatic rings. The van der Waals surface area contributed by atoms with Gasteiger partial charge in [-0.05, 0) is 30.4 Å². The van der Waals surface area contributed by atoms with Crippen molar-refractivity contribution >= 4 is 5.97 Å². The van der Waals surface area contributed by atoms with Gasteiger partial charge < -0.3 is 14.4 Å². The minimum atomic E-state index is -0.237. The molecule has 0 radical (unpaired) electrons. The summed E-state index contributed by atoms with van der Waals surface area (Å²) in [6.07, 6.45) is 2.30. The maximum absolute atomic E-state index is 11.4. The molecule has 2 bridgehead atoms. The van der Waals surface area contributed by atoms with Crippen molar-refractivity contribution in [1.29, 1.82) is 0 Å². The fourth-order valence-electron chi connectivity index (χ4n) is 4.90. The summed E-state index contributed by atoms with van der Waals surface area (Å²) in [4.78, 5) is 21.7. The molecule has 140 valence electrons. The Morgan fingerprint density at radius 1 is 1.35 bits per heavy atom. The van der Waals surface area contributed by atoms with Crippen LogP contribution in [0.5, 0.6) is 5.75 Å². The molecule has 0 saturated carbocycles. The molecule has 1 fully saturated rings. The zero-order chi connectivity index (χ0) is 18.5. The second-order valence-electron chi connectivity index (χ2n) is 7.97. The van der Waals surface area contributed by atoms with Crippen LogP contribution in [0.2, 0.25) is 0 Å². The third-order valence-corrected chi connectivity index (χ3v) is 6.58. The Labute approximate surface area is 154 Å². The lowest BCUT2D eigenvalue weighted by Crippen LogP contribution is -2.54. The van der Waals surface area contributed by atoms with Crippen LogP contribution >= 0.6 is 0 Å². The van der Waals surface area contributed by atoms with E-state index in [1.54, 1.807) is 0 Å². The molecule has 5 atom stereocenters. The highest BCUT2D eigenvalue weighted by molar-refractivity contribution is 5.66. The third kappa shape index (κ3) is 2.65. The quantitative estimate of drug-likeness (QED) is 0.465. The van der Waals surface area contributed by atoms with E-state index in [1.807, 2.05) is 6.07 Å². The van der Waals surface area contributed by atoms with Crippen molar-refractivity contribution in [3.05, 3.63) is 41.0 Å². The summed E-state index contributed by atoms with van der Waals surface area (Å²) in [5.41, 5.74) is 3.33. The van der Waals surface area contributed by atoms with Crippen molar-refractivity contribution in [2.24, 2.45) is 23.2 Å². The first-order valence-corrected chi connectivity index (χ1v) is 9.28. The topological polar surface area (TPSA) is 54.0 Å². The van der Waals surface area contributed by atoms with Gasteiger partial charge in [0.25, 0.3) is 0 Å². The summed E-state index contributed by atoms with van der Waals surface area (Å²) in [6.45, 7) is 9.58. The standard InChI is InChI=1S/C21H26O5/c1-12-7-13(2)21(10-23-15(4)22)11-24-20(19(12)14(21)3)16-5-6-17-9-25-26-18(17)8-16/h5-8,13-14,19-20H,9-11H2,1-4H3. The Hall–Kier alpha value is -1.85. The number of allylic oxidation sites excluding steroid dienone is 1. The molecule has 0 N–H and O–H groups in total. The van der Waals surface area contributed by atoms with Gasteiger partial charge in [0.05, 0.1) is 19.3 Å². The zero-order valence-electron chi connectivity index (χ0n) is 15.8. The van der Waals surface area contributed by atoms with Crippen molar-refractivity contribution in [3.8, 4) is 5.75 Å². The number of esters is 1. The molecule has 2 heterocycles. The molecule has 4 rings (SSSR count). The number of carbonyl (C=O) groups is 1. The average Bonchev–Trinajstić information content (AvgIpc) is 3.06. The first-order chi connectivity index (χ1) is 12.4. The van der Waals surface area contributed by atoms with Crippen molar-refractivity contribution in [2.45, 2.75) is 40.4 Å². The normalized spacial score (nSPS) is 35.3. The largest absolute Gasteiger partial charge is 0.465 e. The maximum Gasteiger partial charge on any atom is 0.302 e. The van der Waals surface area contributed by atoms with Crippen LogP contribution in [0.15, 0.2) is 29.8 Å². The molecule has 2 aliphatic heterocycles. The van der Waals surface area contributed by atoms with E-state index in [-0.39, 0.29) is 23.4 Å². The number of carbonyl (C=O) groups excluding carboxylic acids is 1. The lowest BCUT2D eigenvalue weighted by molar-refractivity contribution is -0.194. The highest BCUT2D eigenvalue weighted by Gasteiger charge is 2.54. The lowest BCUT2D eigenvalue weighted by atomic mass is 9.56. The first kappa shape index (κ1) is 17.6. The minimum absolute atomic E-state index is 0.0336. The van der Waals surface area contributed by atoms with Gasteiger partial charge in [-0.3, -0.25) is 4.79 Å². The van der Waals surface area contributed by atoms with Gasteiger partial charge in [0.1, 0.15) is 6.61 Å². The Morgan fingerprint density at radius 3 is 2.92 bits per heavy atom. The third-order valence-electron chi connectivity index (χ3n) is 6.58. The molecule has 5 unspecified atom stereocenters. The molecule has 1 saturated heterocycles. The van der Waals surface area contributed by atoms with E-state index in [9.17, 15) is 4.79 Å².